The summed E-state index contributed by atoms with van der Waals surface area (Å²) in [5.74, 6) is -0.0522. The number of ether oxygens (including phenoxy) is 7. The molecule has 0 saturated carbocycles. The number of phosphoric acid groups is 3. The maximum atomic E-state index is 12.5. The molecule has 26 heteroatoms. The molecule has 4 unspecified atom stereocenters. The zero-order chi connectivity index (χ0) is 48.2. The summed E-state index contributed by atoms with van der Waals surface area (Å²) in [7, 11) is -13.8. The smallest absolute Gasteiger partial charge is 0.446 e. The number of allylic oxidation sites excluding steroid dienone is 2. The first-order chi connectivity index (χ1) is 31.4. The molecule has 1 aliphatic heterocycles. The molecule has 0 spiro atoms. The van der Waals surface area contributed by atoms with Crippen molar-refractivity contribution in [1.82, 2.24) is 10.6 Å². The second-order valence-electron chi connectivity index (χ2n) is 15.2. The van der Waals surface area contributed by atoms with Gasteiger partial charge in [-0.1, -0.05) is 88.3 Å². The molecule has 0 radical (unpaired) electrons. The van der Waals surface area contributed by atoms with Gasteiger partial charge in [-0.15, -0.1) is 0 Å². The number of alkyl carbamates (subject to hydrolysis) is 1. The van der Waals surface area contributed by atoms with E-state index >= 15 is 0 Å². The Bertz CT molecular complexity index is 1790. The van der Waals surface area contributed by atoms with Crippen LogP contribution in [0.15, 0.2) is 66.7 Å². The normalized spacial score (nSPS) is 21.3. The van der Waals surface area contributed by atoms with Crippen LogP contribution in [0.3, 0.4) is 0 Å². The van der Waals surface area contributed by atoms with E-state index in [4.69, 9.17) is 47.5 Å². The molecule has 376 valence electrons. The van der Waals surface area contributed by atoms with E-state index in [0.717, 1.165) is 37.7 Å². The summed E-state index contributed by atoms with van der Waals surface area (Å²) in [6, 6.07) is 16.5. The molecule has 3 rings (SSSR count). The topological polar surface area (TPSA) is 283 Å². The third-order valence-electron chi connectivity index (χ3n) is 9.06. The minimum atomic E-state index is -5.71. The summed E-state index contributed by atoms with van der Waals surface area (Å²) in [5.41, 5.74) is 0.749. The molecular weight excluding hydrogens is 969 g/mol. The maximum absolute atomic E-state index is 12.5. The van der Waals surface area contributed by atoms with E-state index < -0.39 is 59.2 Å². The lowest BCUT2D eigenvalue weighted by Crippen LogP contribution is -2.36. The van der Waals surface area contributed by atoms with Crippen LogP contribution in [0.4, 0.5) is 4.79 Å². The van der Waals surface area contributed by atoms with Crippen molar-refractivity contribution in [3.05, 3.63) is 72.3 Å². The minimum absolute atomic E-state index is 0.0504. The highest BCUT2D eigenvalue weighted by atomic mass is 33.1. The summed E-state index contributed by atoms with van der Waals surface area (Å²) in [6.45, 7) is 6.67. The third-order valence-corrected chi connectivity index (χ3v) is 15.8. The van der Waals surface area contributed by atoms with E-state index in [2.05, 4.69) is 31.4 Å². The van der Waals surface area contributed by atoms with Crippen LogP contribution in [0.1, 0.15) is 70.5 Å². The number of hydrogen-bond acceptors (Lipinski definition) is 17. The van der Waals surface area contributed by atoms with E-state index in [1.807, 2.05) is 68.4 Å². The van der Waals surface area contributed by atoms with Crippen LogP contribution in [-0.2, 0) is 64.8 Å². The highest BCUT2D eigenvalue weighted by Crippen LogP contribution is 2.66. The van der Waals surface area contributed by atoms with Gasteiger partial charge >= 0.3 is 29.6 Å². The predicted octanol–water partition coefficient (Wildman–Crippen LogP) is 6.67. The molecule has 1 fully saturated rings. The number of rotatable bonds is 31. The van der Waals surface area contributed by atoms with Gasteiger partial charge in [0, 0.05) is 30.7 Å². The van der Waals surface area contributed by atoms with Crippen molar-refractivity contribution in [1.29, 1.82) is 0 Å². The molecule has 1 aromatic rings. The Balaban J connectivity index is 1.26. The van der Waals surface area contributed by atoms with Crippen LogP contribution >= 0.6 is 45.1 Å². The number of phosphoric ester groups is 1. The Morgan fingerprint density at radius 3 is 2.03 bits per heavy atom. The number of amides is 2. The summed E-state index contributed by atoms with van der Waals surface area (Å²) in [5, 5.41) is 5.62. The molecule has 1 aromatic carbocycles. The molecule has 2 amide bonds. The number of hydrogen-bond donors (Lipinski definition) is 6. The van der Waals surface area contributed by atoms with Crippen molar-refractivity contribution in [2.75, 3.05) is 78.5 Å². The molecule has 1 aliphatic carbocycles. The molecular formula is C40H65N2O19P3S2. The van der Waals surface area contributed by atoms with Gasteiger partial charge in [0.2, 0.25) is 5.91 Å². The Hall–Kier alpha value is -1.95. The van der Waals surface area contributed by atoms with Gasteiger partial charge in [0.1, 0.15) is 18.1 Å². The zero-order valence-electron chi connectivity index (χ0n) is 37.2. The lowest BCUT2D eigenvalue weighted by molar-refractivity contribution is -0.122. The lowest BCUT2D eigenvalue weighted by Gasteiger charge is -2.24. The summed E-state index contributed by atoms with van der Waals surface area (Å²) in [4.78, 5) is 61.7. The highest BCUT2D eigenvalue weighted by molar-refractivity contribution is 8.77. The van der Waals surface area contributed by atoms with Gasteiger partial charge in [0.15, 0.2) is 0 Å². The van der Waals surface area contributed by atoms with Crippen LogP contribution in [-0.4, -0.2) is 133 Å². The van der Waals surface area contributed by atoms with E-state index in [1.54, 1.807) is 0 Å². The fraction of sp³-hybridized carbons (Fsp3) is 0.650. The monoisotopic (exact) mass is 1030 g/mol. The molecule has 0 bridgehead atoms. The van der Waals surface area contributed by atoms with E-state index in [0.29, 0.717) is 59.3 Å². The molecule has 1 heterocycles. The molecule has 6 N–H and O–H groups in total. The summed E-state index contributed by atoms with van der Waals surface area (Å²) < 4.78 is 87.1. The van der Waals surface area contributed by atoms with Crippen LogP contribution in [0, 0.1) is 0 Å². The zero-order valence-corrected chi connectivity index (χ0v) is 41.5. The summed E-state index contributed by atoms with van der Waals surface area (Å²) in [6.07, 6.45) is 6.71. The standard InChI is InChI=1S/C40H65N2O19P3S2/c1-40(2,31-42-38(43)19-21-52-23-25-54-27-28-55-26-24-53-22-20-41-39(44)58-34-17-13-9-6-10-14-18-34)66-65-32-56-36-29-35(33-15-11-7-4-3-5-8-12-16-33)59-37(36)30-57-63(48,49)61-64(50,51)60-62(45,46)47/h3-9,11-12,15-16,34-37H,10,13-14,17-32H2,1-2H3,(H,41,44)(H,42,43)(H,48,49)(H,50,51)(H2,45,46,47)/b4-3?,5-3?,7-4?,8-5?,9-6+,11-7?,12-8?,15-11?,16-12?,33-15?,33-16?/t34?,35-,36?,37-/m1/s1. The Kier molecular flexibility index (Phi) is 28.3. The quantitative estimate of drug-likeness (QED) is 0.0149. The molecule has 2 aliphatic rings. The second kappa shape index (κ2) is 32.0. The Morgan fingerprint density at radius 1 is 0.773 bits per heavy atom. The van der Waals surface area contributed by atoms with Crippen molar-refractivity contribution in [2.45, 2.75) is 88.0 Å². The van der Waals surface area contributed by atoms with Crippen LogP contribution in [0.25, 0.3) is 0 Å². The molecule has 6 atom stereocenters. The average Bonchev–Trinajstić information content (AvgIpc) is 3.63. The number of carbonyl (C=O) groups is 2. The molecule has 0 aromatic heterocycles. The summed E-state index contributed by atoms with van der Waals surface area (Å²) >= 11 is 0. The van der Waals surface area contributed by atoms with Gasteiger partial charge < -0.3 is 63.4 Å². The van der Waals surface area contributed by atoms with E-state index in [1.165, 1.54) is 21.6 Å². The van der Waals surface area contributed by atoms with Crippen LogP contribution in [0.2, 0.25) is 0 Å². The first kappa shape index (κ1) is 58.4. The SMILES string of the molecule is CC(C)(CNC(=O)CCOCCOCCOCCOCCNC(=O)OC1CC/C=C/CCC1)SSCOC1C[C@H](c2ccccccccc2)O[C@@H]1COP(=O)(O)OP(=O)(O)OP(=O)(O)O. The van der Waals surface area contributed by atoms with Gasteiger partial charge in [0.25, 0.3) is 0 Å². The van der Waals surface area contributed by atoms with Crippen molar-refractivity contribution in [3.63, 3.8) is 0 Å². The van der Waals surface area contributed by atoms with Crippen molar-refractivity contribution >= 4 is 57.1 Å². The van der Waals surface area contributed by atoms with Crippen LogP contribution in [0.5, 0.6) is 0 Å². The number of carbonyl (C=O) groups excluding carboxylic acids is 2. The molecule has 66 heavy (non-hydrogen) atoms. The van der Waals surface area contributed by atoms with Crippen molar-refractivity contribution < 1.29 is 89.2 Å². The fourth-order valence-electron chi connectivity index (χ4n) is 5.97. The Morgan fingerprint density at radius 2 is 1.38 bits per heavy atom. The van der Waals surface area contributed by atoms with E-state index in [-0.39, 0.29) is 37.4 Å². The number of nitrogens with one attached hydrogen (secondary N) is 2. The molecule has 21 nitrogen and oxygen atoms in total. The van der Waals surface area contributed by atoms with Crippen molar-refractivity contribution in [2.24, 2.45) is 0 Å². The van der Waals surface area contributed by atoms with Crippen LogP contribution < -0.4 is 10.6 Å². The van der Waals surface area contributed by atoms with Gasteiger partial charge in [0.05, 0.1) is 71.7 Å². The highest BCUT2D eigenvalue weighted by Gasteiger charge is 2.43. The lowest BCUT2D eigenvalue weighted by atomic mass is 10.0. The minimum Gasteiger partial charge on any atom is -0.446 e. The maximum Gasteiger partial charge on any atom is 0.490 e. The molecule has 1 saturated heterocycles. The first-order valence-electron chi connectivity index (χ1n) is 21.3. The third kappa shape index (κ3) is 28.5. The van der Waals surface area contributed by atoms with E-state index in [9.17, 15) is 33.1 Å². The average molecular weight is 1040 g/mol. The van der Waals surface area contributed by atoms with Gasteiger partial charge in [-0.3, -0.25) is 9.32 Å². The first-order valence-corrected chi connectivity index (χ1v) is 28.2. The largest absolute Gasteiger partial charge is 0.490 e. The van der Waals surface area contributed by atoms with Gasteiger partial charge in [-0.25, -0.2) is 18.5 Å². The second-order valence-corrected chi connectivity index (χ2v) is 22.5. The Labute approximate surface area is 394 Å². The fourth-order valence-corrected chi connectivity index (χ4v) is 11.2. The predicted molar refractivity (Wildman–Crippen MR) is 247 cm³/mol. The van der Waals surface area contributed by atoms with Gasteiger partial charge in [-0.2, -0.15) is 8.62 Å². The van der Waals surface area contributed by atoms with Crippen molar-refractivity contribution in [3.8, 4) is 0 Å². The van der Waals surface area contributed by atoms with Gasteiger partial charge in [-0.05, 0) is 51.5 Å².